The maximum absolute atomic E-state index is 4.70. The largest absolute Gasteiger partial charge is 0.375 e. The van der Waals surface area contributed by atoms with Gasteiger partial charge in [-0.2, -0.15) is 0 Å². The molecule has 0 saturated carbocycles. The molecule has 0 unspecified atom stereocenters. The Morgan fingerprint density at radius 3 is 2.47 bits per heavy atom. The molecule has 162 valence electrons. The summed E-state index contributed by atoms with van der Waals surface area (Å²) in [5.74, 6) is 2.26. The zero-order chi connectivity index (χ0) is 21.8. The summed E-state index contributed by atoms with van der Waals surface area (Å²) in [6.07, 6.45) is 16.1. The van der Waals surface area contributed by atoms with E-state index in [-0.39, 0.29) is 0 Å². The van der Waals surface area contributed by atoms with Gasteiger partial charge in [-0.3, -0.25) is 4.99 Å². The molecule has 0 spiro atoms. The van der Waals surface area contributed by atoms with Gasteiger partial charge in [0.25, 0.3) is 0 Å². The van der Waals surface area contributed by atoms with Gasteiger partial charge in [-0.1, -0.05) is 30.3 Å². The summed E-state index contributed by atoms with van der Waals surface area (Å²) in [4.78, 5) is 24.3. The number of rotatable bonds is 4. The first kappa shape index (κ1) is 20.4. The first-order chi connectivity index (χ1) is 15.8. The highest BCUT2D eigenvalue weighted by molar-refractivity contribution is 5.82. The Morgan fingerprint density at radius 2 is 1.69 bits per heavy atom. The van der Waals surface area contributed by atoms with Gasteiger partial charge in [-0.15, -0.1) is 0 Å². The van der Waals surface area contributed by atoms with Crippen molar-refractivity contribution in [2.24, 2.45) is 4.99 Å². The number of nitrogens with one attached hydrogen (secondary N) is 1. The molecule has 0 bridgehead atoms. The van der Waals surface area contributed by atoms with Gasteiger partial charge in [0, 0.05) is 60.1 Å². The fourth-order valence-electron chi connectivity index (χ4n) is 4.38. The lowest BCUT2D eigenvalue weighted by molar-refractivity contribution is 0.253. The lowest BCUT2D eigenvalue weighted by atomic mass is 9.95. The maximum Gasteiger partial charge on any atom is 0.159 e. The molecule has 2 aromatic heterocycles. The van der Waals surface area contributed by atoms with Crippen LogP contribution in [0.1, 0.15) is 44.3 Å². The predicted octanol–water partition coefficient (Wildman–Crippen LogP) is 5.37. The Morgan fingerprint density at radius 1 is 0.906 bits per heavy atom. The van der Waals surface area contributed by atoms with E-state index < -0.39 is 0 Å². The summed E-state index contributed by atoms with van der Waals surface area (Å²) < 4.78 is 0. The third kappa shape index (κ3) is 4.54. The number of aromatic amines is 1. The lowest BCUT2D eigenvalue weighted by Crippen LogP contribution is -2.33. The molecule has 1 aromatic carbocycles. The molecule has 4 heterocycles. The first-order valence-corrected chi connectivity index (χ1v) is 11.3. The van der Waals surface area contributed by atoms with Crippen LogP contribution in [-0.2, 0) is 0 Å². The molecule has 5 rings (SSSR count). The van der Waals surface area contributed by atoms with Gasteiger partial charge in [0.1, 0.15) is 5.82 Å². The number of hydrogen-bond donors (Lipinski definition) is 1. The van der Waals surface area contributed by atoms with Crippen molar-refractivity contribution in [3.05, 3.63) is 78.8 Å². The van der Waals surface area contributed by atoms with E-state index in [9.17, 15) is 0 Å². The minimum absolute atomic E-state index is 0.456. The van der Waals surface area contributed by atoms with Gasteiger partial charge in [0.05, 0.1) is 11.9 Å². The van der Waals surface area contributed by atoms with Crippen molar-refractivity contribution in [3.8, 4) is 22.6 Å². The van der Waals surface area contributed by atoms with Crippen molar-refractivity contribution in [1.82, 2.24) is 24.8 Å². The Hall–Kier alpha value is -3.54. The van der Waals surface area contributed by atoms with Crippen LogP contribution >= 0.6 is 0 Å². The van der Waals surface area contributed by atoms with Crippen LogP contribution in [0.2, 0.25) is 0 Å². The monoisotopic (exact) mass is 424 g/mol. The zero-order valence-electron chi connectivity index (χ0n) is 18.4. The average Bonchev–Trinajstić information content (AvgIpc) is 3.33. The highest BCUT2D eigenvalue weighted by Gasteiger charge is 2.24. The van der Waals surface area contributed by atoms with E-state index in [1.54, 1.807) is 0 Å². The summed E-state index contributed by atoms with van der Waals surface area (Å²) in [6, 6.07) is 10.0. The van der Waals surface area contributed by atoms with Gasteiger partial charge in [-0.05, 0) is 44.8 Å². The number of aliphatic imine (C=N–C) groups is 1. The molecule has 2 aliphatic heterocycles. The summed E-state index contributed by atoms with van der Waals surface area (Å²) in [6.45, 7) is 4.23. The van der Waals surface area contributed by atoms with Crippen LogP contribution in [-0.4, -0.2) is 43.6 Å². The number of allylic oxidation sites excluding steroid dienone is 3. The molecule has 6 nitrogen and oxygen atoms in total. The summed E-state index contributed by atoms with van der Waals surface area (Å²) in [5.41, 5.74) is 5.58. The van der Waals surface area contributed by atoms with E-state index in [0.717, 1.165) is 67.2 Å². The quantitative estimate of drug-likeness (QED) is 0.612. The fourth-order valence-corrected chi connectivity index (χ4v) is 4.38. The number of aromatic nitrogens is 4. The van der Waals surface area contributed by atoms with Crippen LogP contribution in [0.4, 0.5) is 0 Å². The van der Waals surface area contributed by atoms with E-state index in [4.69, 9.17) is 4.98 Å². The SMILES string of the molecule is CC1=NC=CC=C(N2CCC(c3ncc(-c4cnc(-c5ccccc5)nc4)[nH]3)CC2)CC1. The Kier molecular flexibility index (Phi) is 5.92. The van der Waals surface area contributed by atoms with Crippen molar-refractivity contribution in [3.63, 3.8) is 0 Å². The van der Waals surface area contributed by atoms with E-state index in [1.807, 2.05) is 55.1 Å². The molecular weight excluding hydrogens is 396 g/mol. The first-order valence-electron chi connectivity index (χ1n) is 11.3. The van der Waals surface area contributed by atoms with Crippen molar-refractivity contribution in [2.75, 3.05) is 13.1 Å². The predicted molar refractivity (Wildman–Crippen MR) is 128 cm³/mol. The van der Waals surface area contributed by atoms with Crippen molar-refractivity contribution in [2.45, 2.75) is 38.5 Å². The average molecular weight is 425 g/mol. The Balaban J connectivity index is 1.22. The lowest BCUT2D eigenvalue weighted by Gasteiger charge is -2.34. The highest BCUT2D eigenvalue weighted by Crippen LogP contribution is 2.30. The second-order valence-electron chi connectivity index (χ2n) is 8.47. The second-order valence-corrected chi connectivity index (χ2v) is 8.47. The normalized spacial score (nSPS) is 17.5. The molecule has 32 heavy (non-hydrogen) atoms. The van der Waals surface area contributed by atoms with Crippen LogP contribution in [0.15, 0.2) is 78.0 Å². The van der Waals surface area contributed by atoms with E-state index in [0.29, 0.717) is 5.92 Å². The third-order valence-corrected chi connectivity index (χ3v) is 6.29. The van der Waals surface area contributed by atoms with Crippen LogP contribution in [0.5, 0.6) is 0 Å². The fraction of sp³-hybridized carbons (Fsp3) is 0.308. The van der Waals surface area contributed by atoms with Crippen molar-refractivity contribution >= 4 is 5.71 Å². The van der Waals surface area contributed by atoms with Gasteiger partial charge >= 0.3 is 0 Å². The smallest absolute Gasteiger partial charge is 0.159 e. The highest BCUT2D eigenvalue weighted by atomic mass is 15.1. The number of imidazole rings is 1. The molecule has 0 aliphatic carbocycles. The molecule has 3 aromatic rings. The van der Waals surface area contributed by atoms with Gasteiger partial charge in [0.2, 0.25) is 0 Å². The minimum Gasteiger partial charge on any atom is -0.375 e. The van der Waals surface area contributed by atoms with E-state index >= 15 is 0 Å². The zero-order valence-corrected chi connectivity index (χ0v) is 18.4. The minimum atomic E-state index is 0.456. The van der Waals surface area contributed by atoms with Gasteiger partial charge in [-0.25, -0.2) is 15.0 Å². The molecule has 0 radical (unpaired) electrons. The standard InChI is InChI=1S/C26H28N6/c1-19-9-10-23(8-5-13-27-19)32-14-11-21(12-15-32)26-30-18-24(31-26)22-16-28-25(29-17-22)20-6-3-2-4-7-20/h2-8,13,16-18,21H,9-12,14-15H2,1H3,(H,30,31). The summed E-state index contributed by atoms with van der Waals surface area (Å²) in [5, 5.41) is 0. The molecule has 1 fully saturated rings. The number of likely N-dealkylation sites (tertiary alicyclic amines) is 1. The van der Waals surface area contributed by atoms with Crippen LogP contribution in [0.3, 0.4) is 0 Å². The second kappa shape index (κ2) is 9.30. The molecule has 0 amide bonds. The summed E-state index contributed by atoms with van der Waals surface area (Å²) >= 11 is 0. The van der Waals surface area contributed by atoms with Crippen LogP contribution in [0.25, 0.3) is 22.6 Å². The Bertz CT molecular complexity index is 1130. The number of nitrogens with zero attached hydrogens (tertiary/aromatic N) is 5. The van der Waals surface area contributed by atoms with Crippen molar-refractivity contribution in [1.29, 1.82) is 0 Å². The Labute approximate surface area is 188 Å². The van der Waals surface area contributed by atoms with Gasteiger partial charge < -0.3 is 9.88 Å². The topological polar surface area (TPSA) is 70.1 Å². The van der Waals surface area contributed by atoms with Crippen LogP contribution < -0.4 is 0 Å². The number of piperidine rings is 1. The number of H-pyrrole nitrogens is 1. The molecule has 1 saturated heterocycles. The molecule has 2 aliphatic rings. The summed E-state index contributed by atoms with van der Waals surface area (Å²) in [7, 11) is 0. The van der Waals surface area contributed by atoms with E-state index in [1.165, 1.54) is 11.4 Å². The molecule has 6 heteroatoms. The van der Waals surface area contributed by atoms with Crippen LogP contribution in [0, 0.1) is 0 Å². The third-order valence-electron chi connectivity index (χ3n) is 6.29. The van der Waals surface area contributed by atoms with Gasteiger partial charge in [0.15, 0.2) is 5.82 Å². The maximum atomic E-state index is 4.70. The van der Waals surface area contributed by atoms with E-state index in [2.05, 4.69) is 43.9 Å². The number of hydrogen-bond acceptors (Lipinski definition) is 5. The van der Waals surface area contributed by atoms with Crippen molar-refractivity contribution < 1.29 is 0 Å². The number of benzene rings is 1. The molecule has 1 N–H and O–H groups in total. The molecular formula is C26H28N6. The molecule has 0 atom stereocenters.